The summed E-state index contributed by atoms with van der Waals surface area (Å²) in [7, 11) is 0. The monoisotopic (exact) mass is 253 g/mol. The maximum atomic E-state index is 11.8. The van der Waals surface area contributed by atoms with E-state index in [0.717, 1.165) is 11.4 Å². The Morgan fingerprint density at radius 3 is 2.58 bits per heavy atom. The number of aromatic nitrogens is 1. The van der Waals surface area contributed by atoms with Gasteiger partial charge in [0.1, 0.15) is 0 Å². The van der Waals surface area contributed by atoms with Crippen LogP contribution < -0.4 is 5.32 Å². The largest absolute Gasteiger partial charge is 0.326 e. The second kappa shape index (κ2) is 6.44. The Balaban J connectivity index is 1.94. The second-order valence-electron chi connectivity index (χ2n) is 4.13. The van der Waals surface area contributed by atoms with Crippen molar-refractivity contribution in [3.8, 4) is 0 Å². The molecule has 0 saturated carbocycles. The molecule has 0 atom stereocenters. The minimum absolute atomic E-state index is 0.0802. The third kappa shape index (κ3) is 4.35. The van der Waals surface area contributed by atoms with Gasteiger partial charge in [-0.05, 0) is 31.2 Å². The molecule has 96 valence electrons. The van der Waals surface area contributed by atoms with Gasteiger partial charge in [-0.15, -0.1) is 0 Å². The van der Waals surface area contributed by atoms with Crippen LogP contribution in [-0.2, 0) is 4.79 Å². The normalized spacial score (nSPS) is 11.1. The lowest BCUT2D eigenvalue weighted by Gasteiger charge is -2.04. The fraction of sp³-hybridized carbons (Fsp3) is 0.133. The third-order valence-corrected chi connectivity index (χ3v) is 2.43. The van der Waals surface area contributed by atoms with Crippen LogP contribution in [0.25, 0.3) is 0 Å². The number of aliphatic imine (C=N–C) groups is 1. The SMILES string of the molecule is CC(CC(=O)Nc1ccccc1)=Nc1ccccn1. The van der Waals surface area contributed by atoms with Crippen LogP contribution in [0, 0.1) is 0 Å². The predicted octanol–water partition coefficient (Wildman–Crippen LogP) is 3.20. The molecule has 1 amide bonds. The van der Waals surface area contributed by atoms with Gasteiger partial charge in [-0.2, -0.15) is 0 Å². The highest BCUT2D eigenvalue weighted by Crippen LogP contribution is 2.08. The van der Waals surface area contributed by atoms with Gasteiger partial charge in [0.2, 0.25) is 5.91 Å². The number of carbonyl (C=O) groups is 1. The van der Waals surface area contributed by atoms with Crippen LogP contribution in [-0.4, -0.2) is 16.6 Å². The molecule has 19 heavy (non-hydrogen) atoms. The predicted molar refractivity (Wildman–Crippen MR) is 76.7 cm³/mol. The van der Waals surface area contributed by atoms with Crippen molar-refractivity contribution in [2.45, 2.75) is 13.3 Å². The van der Waals surface area contributed by atoms with Crippen molar-refractivity contribution in [1.82, 2.24) is 4.98 Å². The molecule has 2 aromatic rings. The summed E-state index contributed by atoms with van der Waals surface area (Å²) >= 11 is 0. The molecule has 1 heterocycles. The van der Waals surface area contributed by atoms with Gasteiger partial charge in [-0.1, -0.05) is 24.3 Å². The Morgan fingerprint density at radius 2 is 1.89 bits per heavy atom. The van der Waals surface area contributed by atoms with Gasteiger partial charge in [0.15, 0.2) is 5.82 Å². The number of nitrogens with zero attached hydrogens (tertiary/aromatic N) is 2. The molecular formula is C15H15N3O. The van der Waals surface area contributed by atoms with Crippen molar-refractivity contribution in [1.29, 1.82) is 0 Å². The lowest BCUT2D eigenvalue weighted by molar-refractivity contribution is -0.115. The summed E-state index contributed by atoms with van der Waals surface area (Å²) in [5.41, 5.74) is 1.52. The van der Waals surface area contributed by atoms with Gasteiger partial charge in [-0.3, -0.25) is 4.79 Å². The summed E-state index contributed by atoms with van der Waals surface area (Å²) in [6.07, 6.45) is 1.93. The maximum absolute atomic E-state index is 11.8. The van der Waals surface area contributed by atoms with Crippen LogP contribution in [0.2, 0.25) is 0 Å². The van der Waals surface area contributed by atoms with Crippen LogP contribution in [0.4, 0.5) is 11.5 Å². The summed E-state index contributed by atoms with van der Waals surface area (Å²) in [6, 6.07) is 14.9. The average molecular weight is 253 g/mol. The van der Waals surface area contributed by atoms with Crippen LogP contribution in [0.5, 0.6) is 0 Å². The highest BCUT2D eigenvalue weighted by molar-refractivity contribution is 6.06. The maximum Gasteiger partial charge on any atom is 0.230 e. The topological polar surface area (TPSA) is 54.4 Å². The Bertz CT molecular complexity index is 564. The van der Waals surface area contributed by atoms with Crippen molar-refractivity contribution in [3.05, 3.63) is 54.7 Å². The van der Waals surface area contributed by atoms with Crippen LogP contribution in [0.1, 0.15) is 13.3 Å². The zero-order valence-electron chi connectivity index (χ0n) is 10.7. The number of hydrogen-bond acceptors (Lipinski definition) is 3. The number of hydrogen-bond donors (Lipinski definition) is 1. The van der Waals surface area contributed by atoms with E-state index in [2.05, 4.69) is 15.3 Å². The van der Waals surface area contributed by atoms with E-state index in [0.29, 0.717) is 5.82 Å². The van der Waals surface area contributed by atoms with Gasteiger partial charge in [0.05, 0.1) is 6.42 Å². The number of amides is 1. The van der Waals surface area contributed by atoms with Gasteiger partial charge >= 0.3 is 0 Å². The fourth-order valence-electron chi connectivity index (χ4n) is 1.61. The van der Waals surface area contributed by atoms with Crippen LogP contribution in [0.3, 0.4) is 0 Å². The van der Waals surface area contributed by atoms with Crippen molar-refractivity contribution in [3.63, 3.8) is 0 Å². The molecule has 1 aromatic heterocycles. The smallest absolute Gasteiger partial charge is 0.230 e. The van der Waals surface area contributed by atoms with Crippen molar-refractivity contribution in [2.75, 3.05) is 5.32 Å². The zero-order valence-corrected chi connectivity index (χ0v) is 10.7. The van der Waals surface area contributed by atoms with E-state index in [1.807, 2.05) is 49.4 Å². The molecule has 4 nitrogen and oxygen atoms in total. The highest BCUT2D eigenvalue weighted by atomic mass is 16.1. The molecule has 0 unspecified atom stereocenters. The molecule has 0 saturated heterocycles. The summed E-state index contributed by atoms with van der Waals surface area (Å²) in [6.45, 7) is 1.82. The molecule has 0 aliphatic rings. The van der Waals surface area contributed by atoms with Gasteiger partial charge in [0, 0.05) is 17.6 Å². The van der Waals surface area contributed by atoms with E-state index in [1.165, 1.54) is 0 Å². The van der Waals surface area contributed by atoms with Crippen LogP contribution >= 0.6 is 0 Å². The summed E-state index contributed by atoms with van der Waals surface area (Å²) < 4.78 is 0. The number of para-hydroxylation sites is 1. The summed E-state index contributed by atoms with van der Waals surface area (Å²) in [5, 5.41) is 2.82. The Hall–Kier alpha value is -2.49. The lowest BCUT2D eigenvalue weighted by Crippen LogP contribution is -2.14. The van der Waals surface area contributed by atoms with Crippen molar-refractivity contribution in [2.24, 2.45) is 4.99 Å². The molecule has 0 spiro atoms. The van der Waals surface area contributed by atoms with E-state index >= 15 is 0 Å². The molecule has 1 N–H and O–H groups in total. The Labute approximate surface area is 112 Å². The summed E-state index contributed by atoms with van der Waals surface area (Å²) in [4.78, 5) is 20.2. The number of carbonyl (C=O) groups excluding carboxylic acids is 1. The van der Waals surface area contributed by atoms with Crippen LogP contribution in [0.15, 0.2) is 59.7 Å². The molecular weight excluding hydrogens is 238 g/mol. The standard InChI is InChI=1S/C15H15N3O/c1-12(17-14-9-5-6-10-16-14)11-15(19)18-13-7-3-2-4-8-13/h2-10H,11H2,1H3,(H,18,19). The van der Waals surface area contributed by atoms with Gasteiger partial charge in [-0.25, -0.2) is 9.98 Å². The molecule has 2 rings (SSSR count). The Morgan fingerprint density at radius 1 is 1.16 bits per heavy atom. The average Bonchev–Trinajstić information content (AvgIpc) is 2.40. The number of pyridine rings is 1. The van der Waals surface area contributed by atoms with Crippen molar-refractivity contribution >= 4 is 23.1 Å². The van der Waals surface area contributed by atoms with E-state index in [-0.39, 0.29) is 12.3 Å². The second-order valence-corrected chi connectivity index (χ2v) is 4.13. The van der Waals surface area contributed by atoms with E-state index < -0.39 is 0 Å². The lowest BCUT2D eigenvalue weighted by atomic mass is 10.2. The van der Waals surface area contributed by atoms with E-state index in [4.69, 9.17) is 0 Å². The molecule has 4 heteroatoms. The first-order valence-corrected chi connectivity index (χ1v) is 6.04. The van der Waals surface area contributed by atoms with Gasteiger partial charge in [0.25, 0.3) is 0 Å². The van der Waals surface area contributed by atoms with E-state index in [1.54, 1.807) is 12.3 Å². The zero-order chi connectivity index (χ0) is 13.5. The number of nitrogens with one attached hydrogen (secondary N) is 1. The minimum Gasteiger partial charge on any atom is -0.326 e. The highest BCUT2D eigenvalue weighted by Gasteiger charge is 2.04. The number of benzene rings is 1. The molecule has 0 radical (unpaired) electrons. The van der Waals surface area contributed by atoms with Crippen molar-refractivity contribution < 1.29 is 4.79 Å². The Kier molecular flexibility index (Phi) is 4.39. The fourth-order valence-corrected chi connectivity index (χ4v) is 1.61. The van der Waals surface area contributed by atoms with E-state index in [9.17, 15) is 4.79 Å². The minimum atomic E-state index is -0.0802. The summed E-state index contributed by atoms with van der Waals surface area (Å²) in [5.74, 6) is 0.538. The quantitative estimate of drug-likeness (QED) is 0.851. The first-order chi connectivity index (χ1) is 9.24. The van der Waals surface area contributed by atoms with Gasteiger partial charge < -0.3 is 5.32 Å². The molecule has 0 aliphatic carbocycles. The molecule has 0 aliphatic heterocycles. The first-order valence-electron chi connectivity index (χ1n) is 6.04. The number of rotatable bonds is 4. The number of anilines is 1. The first kappa shape index (κ1) is 13.0. The third-order valence-electron chi connectivity index (χ3n) is 2.43. The molecule has 0 bridgehead atoms. The molecule has 0 fully saturated rings. The molecule has 1 aromatic carbocycles.